The van der Waals surface area contributed by atoms with Crippen molar-refractivity contribution >= 4 is 62.9 Å². The van der Waals surface area contributed by atoms with Crippen LogP contribution in [-0.2, 0) is 11.4 Å². The molecule has 190 valence electrons. The van der Waals surface area contributed by atoms with Crippen LogP contribution in [0.4, 0.5) is 11.4 Å². The molecule has 0 aromatic heterocycles. The molecule has 0 atom stereocenters. The van der Waals surface area contributed by atoms with Crippen molar-refractivity contribution in [1.82, 2.24) is 0 Å². The molecule has 4 aromatic rings. The average molecular weight is 633 g/mol. The number of anilines is 1. The second-order valence-electron chi connectivity index (χ2n) is 8.63. The molecule has 5 rings (SSSR count). The van der Waals surface area contributed by atoms with Gasteiger partial charge < -0.3 is 9.47 Å². The van der Waals surface area contributed by atoms with Crippen LogP contribution in [0.2, 0.25) is 0 Å². The summed E-state index contributed by atoms with van der Waals surface area (Å²) < 4.78 is 12.7. The molecule has 0 saturated carbocycles. The van der Waals surface area contributed by atoms with E-state index in [1.807, 2.05) is 78.9 Å². The highest BCUT2D eigenvalue weighted by molar-refractivity contribution is 14.1. The molecule has 0 unspecified atom stereocenters. The first-order chi connectivity index (χ1) is 18.5. The van der Waals surface area contributed by atoms with Crippen molar-refractivity contribution in [2.75, 3.05) is 12.0 Å². The van der Waals surface area contributed by atoms with Crippen molar-refractivity contribution in [2.45, 2.75) is 13.5 Å². The summed E-state index contributed by atoms with van der Waals surface area (Å²) in [7, 11) is 1.62. The average Bonchev–Trinajstić information content (AvgIpc) is 3.23. The Morgan fingerprint density at radius 3 is 2.32 bits per heavy atom. The maximum atomic E-state index is 13.6. The second kappa shape index (κ2) is 11.9. The number of hydrogen-bond acceptors (Lipinski definition) is 5. The summed E-state index contributed by atoms with van der Waals surface area (Å²) in [5.41, 5.74) is 4.70. The Bertz CT molecular complexity index is 1500. The molecular weight excluding hydrogens is 607 g/mol. The number of methoxy groups -OCH3 is 1. The van der Waals surface area contributed by atoms with Gasteiger partial charge >= 0.3 is 0 Å². The number of ether oxygens (including phenoxy) is 2. The summed E-state index contributed by atoms with van der Waals surface area (Å²) in [5, 5.41) is 0.610. The standard InChI is InChI=1S/C31H25IN2O3S/c1-21-13-15-22(16-14-21)20-37-29-26(32)17-23(18-27(29)36-2)19-28-30(35)34(25-11-7-4-8-12-25)31(38-28)33-24-9-5-3-6-10-24/h3-19H,20H2,1-2H3/b28-19-,33-31?. The van der Waals surface area contributed by atoms with E-state index >= 15 is 0 Å². The van der Waals surface area contributed by atoms with Gasteiger partial charge in [-0.2, -0.15) is 0 Å². The molecule has 4 aromatic carbocycles. The van der Waals surface area contributed by atoms with Crippen LogP contribution in [0.15, 0.2) is 107 Å². The van der Waals surface area contributed by atoms with Crippen molar-refractivity contribution < 1.29 is 14.3 Å². The molecular formula is C31H25IN2O3S. The molecule has 1 aliphatic rings. The SMILES string of the molecule is COc1cc(/C=C2\SC(=Nc3ccccc3)N(c3ccccc3)C2=O)cc(I)c1OCc1ccc(C)cc1. The summed E-state index contributed by atoms with van der Waals surface area (Å²) >= 11 is 3.60. The first-order valence-electron chi connectivity index (χ1n) is 12.0. The molecule has 0 aliphatic carbocycles. The van der Waals surface area contributed by atoms with E-state index in [0.717, 1.165) is 26.1 Å². The van der Waals surface area contributed by atoms with Crippen LogP contribution in [0.5, 0.6) is 11.5 Å². The van der Waals surface area contributed by atoms with Gasteiger partial charge in [0.2, 0.25) is 0 Å². The third-order valence-corrected chi connectivity index (χ3v) is 7.63. The molecule has 0 N–H and O–H groups in total. The Hall–Kier alpha value is -3.56. The molecule has 38 heavy (non-hydrogen) atoms. The van der Waals surface area contributed by atoms with Crippen LogP contribution in [-0.4, -0.2) is 18.2 Å². The first kappa shape index (κ1) is 26.1. The van der Waals surface area contributed by atoms with Crippen LogP contribution < -0.4 is 14.4 Å². The second-order valence-corrected chi connectivity index (χ2v) is 10.8. The fourth-order valence-electron chi connectivity index (χ4n) is 3.92. The number of rotatable bonds is 7. The topological polar surface area (TPSA) is 51.1 Å². The van der Waals surface area contributed by atoms with Crippen LogP contribution in [0.25, 0.3) is 6.08 Å². The van der Waals surface area contributed by atoms with E-state index in [1.54, 1.807) is 12.0 Å². The number of aryl methyl sites for hydroxylation is 1. The van der Waals surface area contributed by atoms with Gasteiger partial charge in [-0.3, -0.25) is 9.69 Å². The predicted molar refractivity (Wildman–Crippen MR) is 164 cm³/mol. The summed E-state index contributed by atoms with van der Waals surface area (Å²) in [5.74, 6) is 1.17. The number of amides is 1. The number of amidine groups is 1. The Kier molecular flexibility index (Phi) is 8.14. The zero-order valence-corrected chi connectivity index (χ0v) is 23.9. The number of carbonyl (C=O) groups excluding carboxylic acids is 1. The molecule has 1 heterocycles. The maximum absolute atomic E-state index is 13.6. The smallest absolute Gasteiger partial charge is 0.271 e. The lowest BCUT2D eigenvalue weighted by Crippen LogP contribution is -2.28. The highest BCUT2D eigenvalue weighted by Crippen LogP contribution is 2.39. The lowest BCUT2D eigenvalue weighted by atomic mass is 10.1. The van der Waals surface area contributed by atoms with Gasteiger partial charge in [-0.1, -0.05) is 66.2 Å². The number of halogens is 1. The van der Waals surface area contributed by atoms with E-state index in [-0.39, 0.29) is 5.91 Å². The number of aliphatic imine (C=N–C) groups is 1. The highest BCUT2D eigenvalue weighted by atomic mass is 127. The predicted octanol–water partition coefficient (Wildman–Crippen LogP) is 8.00. The minimum absolute atomic E-state index is 0.121. The highest BCUT2D eigenvalue weighted by Gasteiger charge is 2.34. The summed E-state index contributed by atoms with van der Waals surface area (Å²) in [6.07, 6.45) is 1.88. The summed E-state index contributed by atoms with van der Waals surface area (Å²) in [4.78, 5) is 20.6. The zero-order valence-electron chi connectivity index (χ0n) is 20.9. The maximum Gasteiger partial charge on any atom is 0.271 e. The lowest BCUT2D eigenvalue weighted by Gasteiger charge is -2.15. The molecule has 0 spiro atoms. The molecule has 5 nitrogen and oxygen atoms in total. The first-order valence-corrected chi connectivity index (χ1v) is 13.9. The minimum atomic E-state index is -0.121. The minimum Gasteiger partial charge on any atom is -0.493 e. The summed E-state index contributed by atoms with van der Waals surface area (Å²) in [6.45, 7) is 2.50. The molecule has 1 aliphatic heterocycles. The molecule has 0 radical (unpaired) electrons. The fraction of sp³-hybridized carbons (Fsp3) is 0.0968. The molecule has 0 bridgehead atoms. The molecule has 7 heteroatoms. The van der Waals surface area contributed by atoms with Gasteiger partial charge in [0, 0.05) is 0 Å². The molecule has 1 fully saturated rings. The monoisotopic (exact) mass is 632 g/mol. The van der Waals surface area contributed by atoms with E-state index in [9.17, 15) is 4.79 Å². The fourth-order valence-corrected chi connectivity index (χ4v) is 5.70. The number of carbonyl (C=O) groups is 1. The number of hydrogen-bond donors (Lipinski definition) is 0. The lowest BCUT2D eigenvalue weighted by molar-refractivity contribution is -0.113. The Morgan fingerprint density at radius 2 is 1.63 bits per heavy atom. The van der Waals surface area contributed by atoms with Crippen LogP contribution in [0.3, 0.4) is 0 Å². The van der Waals surface area contributed by atoms with Crippen LogP contribution >= 0.6 is 34.4 Å². The Labute approximate surface area is 240 Å². The largest absolute Gasteiger partial charge is 0.493 e. The normalized spacial score (nSPS) is 15.3. The number of para-hydroxylation sites is 2. The van der Waals surface area contributed by atoms with Crippen molar-refractivity contribution in [3.63, 3.8) is 0 Å². The van der Waals surface area contributed by atoms with E-state index in [0.29, 0.717) is 28.2 Å². The van der Waals surface area contributed by atoms with Gasteiger partial charge in [-0.05, 0) is 94.9 Å². The van der Waals surface area contributed by atoms with E-state index in [4.69, 9.17) is 14.5 Å². The summed E-state index contributed by atoms with van der Waals surface area (Å²) in [6, 6.07) is 31.4. The van der Waals surface area contributed by atoms with Gasteiger partial charge in [0.15, 0.2) is 16.7 Å². The van der Waals surface area contributed by atoms with Gasteiger partial charge in [0.25, 0.3) is 5.91 Å². The van der Waals surface area contributed by atoms with Crippen LogP contribution in [0.1, 0.15) is 16.7 Å². The number of benzene rings is 4. The van der Waals surface area contributed by atoms with Gasteiger partial charge in [0.1, 0.15) is 6.61 Å². The Balaban J connectivity index is 1.45. The van der Waals surface area contributed by atoms with Crippen molar-refractivity contribution in [3.05, 3.63) is 122 Å². The van der Waals surface area contributed by atoms with E-state index < -0.39 is 0 Å². The van der Waals surface area contributed by atoms with Crippen molar-refractivity contribution in [1.29, 1.82) is 0 Å². The van der Waals surface area contributed by atoms with Gasteiger partial charge in [-0.25, -0.2) is 4.99 Å². The Morgan fingerprint density at radius 1 is 0.947 bits per heavy atom. The quantitative estimate of drug-likeness (QED) is 0.153. The van der Waals surface area contributed by atoms with Crippen LogP contribution in [0, 0.1) is 10.5 Å². The van der Waals surface area contributed by atoms with Gasteiger partial charge in [-0.15, -0.1) is 0 Å². The molecule has 1 amide bonds. The molecule has 1 saturated heterocycles. The van der Waals surface area contributed by atoms with Gasteiger partial charge in [0.05, 0.1) is 27.0 Å². The van der Waals surface area contributed by atoms with E-state index in [1.165, 1.54) is 17.3 Å². The number of nitrogens with zero attached hydrogens (tertiary/aromatic N) is 2. The van der Waals surface area contributed by atoms with Crippen molar-refractivity contribution in [3.8, 4) is 11.5 Å². The van der Waals surface area contributed by atoms with E-state index in [2.05, 4.69) is 53.8 Å². The van der Waals surface area contributed by atoms with Crippen molar-refractivity contribution in [2.24, 2.45) is 4.99 Å². The number of thioether (sulfide) groups is 1. The zero-order chi connectivity index (χ0) is 26.5. The third-order valence-electron chi connectivity index (χ3n) is 5.86. The third kappa shape index (κ3) is 5.95.